The van der Waals surface area contributed by atoms with Crippen molar-refractivity contribution in [2.24, 2.45) is 56.7 Å². The molecule has 1 saturated heterocycles. The lowest BCUT2D eigenvalue weighted by Gasteiger charge is -2.71. The molecule has 52 heavy (non-hydrogen) atoms. The molecule has 294 valence electrons. The summed E-state index contributed by atoms with van der Waals surface area (Å²) >= 11 is 0. The van der Waals surface area contributed by atoms with Gasteiger partial charge in [0.2, 0.25) is 0 Å². The molecule has 1 aromatic rings. The van der Waals surface area contributed by atoms with E-state index in [0.29, 0.717) is 44.2 Å². The number of carbonyl (C=O) groups is 1. The Morgan fingerprint density at radius 3 is 2.44 bits per heavy atom. The molecule has 3 saturated carbocycles. The monoisotopic (exact) mass is 727 g/mol. The molecule has 11 heteroatoms. The quantitative estimate of drug-likeness (QED) is 0.206. The molecule has 0 amide bonds. The Labute approximate surface area is 313 Å². The van der Waals surface area contributed by atoms with Gasteiger partial charge in [0.05, 0.1) is 31.8 Å². The number of likely N-dealkylation sites (N-methyl/N-ethyl adjacent to an activating group) is 1. The Morgan fingerprint density at radius 2 is 1.85 bits per heavy atom. The van der Waals surface area contributed by atoms with Crippen molar-refractivity contribution < 1.29 is 24.1 Å². The van der Waals surface area contributed by atoms with Crippen molar-refractivity contribution in [3.8, 4) is 0 Å². The van der Waals surface area contributed by atoms with Gasteiger partial charge in [-0.2, -0.15) is 4.80 Å². The van der Waals surface area contributed by atoms with Crippen molar-refractivity contribution in [3.05, 3.63) is 11.6 Å². The summed E-state index contributed by atoms with van der Waals surface area (Å²) in [7, 11) is 1.76. The van der Waals surface area contributed by atoms with Gasteiger partial charge >= 0.3 is 5.97 Å². The van der Waals surface area contributed by atoms with Crippen LogP contribution in [0.3, 0.4) is 0 Å². The van der Waals surface area contributed by atoms with E-state index in [1.807, 2.05) is 0 Å². The number of hydrogen-bond donors (Lipinski definition) is 2. The van der Waals surface area contributed by atoms with Crippen molar-refractivity contribution in [1.82, 2.24) is 25.1 Å². The second kappa shape index (κ2) is 13.9. The third kappa shape index (κ3) is 5.71. The third-order valence-electron chi connectivity index (χ3n) is 16.8. The Morgan fingerprint density at radius 1 is 1.13 bits per heavy atom. The fourth-order valence-electron chi connectivity index (χ4n) is 13.4. The Bertz CT molecular complexity index is 1500. The number of fused-ring (bicyclic) bond motifs is 3. The minimum atomic E-state index is -0.629. The largest absolute Gasteiger partial charge is 0.481 e. The number of aromatic nitrogens is 4. The number of anilines is 1. The predicted molar refractivity (Wildman–Crippen MR) is 202 cm³/mol. The van der Waals surface area contributed by atoms with Crippen LogP contribution < -0.4 is 5.73 Å². The number of ether oxygens (including phenoxy) is 3. The lowest BCUT2D eigenvalue weighted by Crippen LogP contribution is -2.69. The van der Waals surface area contributed by atoms with Crippen LogP contribution in [-0.2, 0) is 19.0 Å². The van der Waals surface area contributed by atoms with Crippen molar-refractivity contribution >= 4 is 11.9 Å². The van der Waals surface area contributed by atoms with E-state index < -0.39 is 11.9 Å². The van der Waals surface area contributed by atoms with Crippen molar-refractivity contribution in [2.45, 2.75) is 132 Å². The Balaban J connectivity index is 1.42. The summed E-state index contributed by atoms with van der Waals surface area (Å²) in [6.07, 6.45) is 8.74. The minimum Gasteiger partial charge on any atom is -0.481 e. The van der Waals surface area contributed by atoms with E-state index in [4.69, 9.17) is 19.9 Å². The van der Waals surface area contributed by atoms with E-state index in [2.05, 4.69) is 95.6 Å². The van der Waals surface area contributed by atoms with Gasteiger partial charge in [-0.1, -0.05) is 79.1 Å². The van der Waals surface area contributed by atoms with Crippen LogP contribution in [0.25, 0.3) is 0 Å². The highest BCUT2D eigenvalue weighted by atomic mass is 16.5. The first-order chi connectivity index (χ1) is 24.4. The molecule has 4 fully saturated rings. The standard InChI is InChI=1S/C41H70N6O5/c1-12-46(13-2)36(6,20-21-50-11)23-52-33-30(47-44-35(42)43-45-47)22-41-25-51-24-38(33,8)31(41)15-14-28-29(41)16-17-40(10)32(34(48)49)37(7,27(5)26(3)4)18-19-39(28,40)9/h16,26-28,30-33H,12-15,17-25H2,1-11H3,(H2,42,44)(H,48,49)/t27-,28+,30-,31+,32-,33+,36?,37-,38-,39-,40+,41+/m1/s1. The van der Waals surface area contributed by atoms with E-state index in [1.54, 1.807) is 11.9 Å². The lowest BCUT2D eigenvalue weighted by atomic mass is 9.34. The number of carboxylic acids is 1. The van der Waals surface area contributed by atoms with Gasteiger partial charge in [-0.05, 0) is 110 Å². The maximum Gasteiger partial charge on any atom is 0.307 e. The fourth-order valence-corrected chi connectivity index (χ4v) is 13.4. The average Bonchev–Trinajstić information content (AvgIpc) is 3.53. The number of nitrogens with zero attached hydrogens (tertiary/aromatic N) is 5. The van der Waals surface area contributed by atoms with Gasteiger partial charge in [-0.25, -0.2) is 0 Å². The topological polar surface area (TPSA) is 138 Å². The van der Waals surface area contributed by atoms with E-state index in [1.165, 1.54) is 5.57 Å². The summed E-state index contributed by atoms with van der Waals surface area (Å²) in [5, 5.41) is 24.4. The second-order valence-corrected chi connectivity index (χ2v) is 19.2. The third-order valence-corrected chi connectivity index (χ3v) is 16.8. The summed E-state index contributed by atoms with van der Waals surface area (Å²) in [5.41, 5.74) is 6.06. The summed E-state index contributed by atoms with van der Waals surface area (Å²) in [6.45, 7) is 27.2. The highest BCUT2D eigenvalue weighted by molar-refractivity contribution is 5.73. The zero-order valence-corrected chi connectivity index (χ0v) is 34.2. The molecule has 0 radical (unpaired) electrons. The van der Waals surface area contributed by atoms with E-state index in [9.17, 15) is 9.90 Å². The SMILES string of the molecule is CCN(CC)C(C)(CCOC)CO[C@H]1[C@H](n2nnc(N)n2)C[C@@]23COC[C@]1(C)[C@@H]2CC[C@H]1C3=CC[C@@]2(C)[C@H](C(=O)O)[C@@](C)([C@H](C)C(C)C)CC[C@]12C. The molecule has 0 spiro atoms. The lowest BCUT2D eigenvalue weighted by molar-refractivity contribution is -0.256. The van der Waals surface area contributed by atoms with Gasteiger partial charge in [-0.15, -0.1) is 5.10 Å². The maximum atomic E-state index is 13.5. The van der Waals surface area contributed by atoms with Gasteiger partial charge < -0.3 is 25.1 Å². The first kappa shape index (κ1) is 39.6. The smallest absolute Gasteiger partial charge is 0.307 e. The molecule has 1 aromatic heterocycles. The predicted octanol–water partition coefficient (Wildman–Crippen LogP) is 6.91. The van der Waals surface area contributed by atoms with E-state index in [-0.39, 0.29) is 56.6 Å². The van der Waals surface area contributed by atoms with Crippen LogP contribution in [0.5, 0.6) is 0 Å². The number of allylic oxidation sites excluding steroid dienone is 1. The molecule has 4 aliphatic carbocycles. The molecule has 3 N–H and O–H groups in total. The van der Waals surface area contributed by atoms with Crippen molar-refractivity contribution in [3.63, 3.8) is 0 Å². The molecular weight excluding hydrogens is 656 g/mol. The zero-order chi connectivity index (χ0) is 38.1. The molecule has 2 heterocycles. The van der Waals surface area contributed by atoms with E-state index >= 15 is 0 Å². The fraction of sp³-hybridized carbons (Fsp3) is 0.902. The summed E-state index contributed by atoms with van der Waals surface area (Å²) < 4.78 is 19.6. The number of carboxylic acid groups (broad SMARTS) is 1. The first-order valence-corrected chi connectivity index (χ1v) is 20.3. The number of rotatable bonds is 13. The van der Waals surface area contributed by atoms with Crippen molar-refractivity contribution in [2.75, 3.05) is 52.4 Å². The molecule has 2 bridgehead atoms. The number of hydrogen-bond acceptors (Lipinski definition) is 9. The van der Waals surface area contributed by atoms with Gasteiger partial charge in [-0.3, -0.25) is 9.69 Å². The number of nitrogens with two attached hydrogens (primary N) is 1. The average molecular weight is 727 g/mol. The second-order valence-electron chi connectivity index (χ2n) is 19.2. The van der Waals surface area contributed by atoms with Gasteiger partial charge in [0.25, 0.3) is 5.95 Å². The van der Waals surface area contributed by atoms with Crippen LogP contribution >= 0.6 is 0 Å². The molecular formula is C41H70N6O5. The highest BCUT2D eigenvalue weighted by Gasteiger charge is 2.72. The highest BCUT2D eigenvalue weighted by Crippen LogP contribution is 2.75. The number of nitrogen functional groups attached to an aromatic ring is 1. The zero-order valence-electron chi connectivity index (χ0n) is 34.2. The van der Waals surface area contributed by atoms with Crippen molar-refractivity contribution in [1.29, 1.82) is 0 Å². The first-order valence-electron chi connectivity index (χ1n) is 20.3. The van der Waals surface area contributed by atoms with E-state index in [0.717, 1.165) is 58.0 Å². The molecule has 0 aromatic carbocycles. The van der Waals surface area contributed by atoms with Crippen LogP contribution in [0.1, 0.15) is 120 Å². The molecule has 1 aliphatic heterocycles. The molecule has 12 atom stereocenters. The normalized spacial score (nSPS) is 41.8. The van der Waals surface area contributed by atoms with Gasteiger partial charge in [0.1, 0.15) is 6.04 Å². The van der Waals surface area contributed by atoms with Crippen LogP contribution in [0.15, 0.2) is 11.6 Å². The van der Waals surface area contributed by atoms with Crippen LogP contribution in [0.2, 0.25) is 0 Å². The number of tetrazole rings is 1. The summed E-state index contributed by atoms with van der Waals surface area (Å²) in [5.74, 6) is 0.458. The summed E-state index contributed by atoms with van der Waals surface area (Å²) in [4.78, 5) is 17.7. The minimum absolute atomic E-state index is 0.157. The maximum absolute atomic E-state index is 13.5. The number of methoxy groups -OCH3 is 1. The molecule has 11 nitrogen and oxygen atoms in total. The van der Waals surface area contributed by atoms with Gasteiger partial charge in [0, 0.05) is 30.1 Å². The Kier molecular flexibility index (Phi) is 10.6. The van der Waals surface area contributed by atoms with Crippen LogP contribution in [-0.4, -0.2) is 94.5 Å². The molecule has 1 unspecified atom stereocenters. The van der Waals surface area contributed by atoms with Crippen LogP contribution in [0.4, 0.5) is 5.95 Å². The molecule has 5 aliphatic rings. The number of aliphatic carboxylic acids is 1. The van der Waals surface area contributed by atoms with Gasteiger partial charge in [0.15, 0.2) is 0 Å². The Hall–Kier alpha value is -2.08. The summed E-state index contributed by atoms with van der Waals surface area (Å²) in [6, 6.07) is -0.188. The van der Waals surface area contributed by atoms with Crippen LogP contribution in [0, 0.1) is 56.7 Å². The molecule has 6 rings (SSSR count).